The van der Waals surface area contributed by atoms with E-state index in [1.165, 1.54) is 43.6 Å². The van der Waals surface area contributed by atoms with Gasteiger partial charge in [0, 0.05) is 56.7 Å². The number of hydrogen-bond acceptors (Lipinski definition) is 2. The lowest BCUT2D eigenvalue weighted by atomic mass is 10.2. The Morgan fingerprint density at radius 3 is 0.978 bits per heavy atom. The molecule has 0 amide bonds. The van der Waals surface area contributed by atoms with Crippen LogP contribution in [0.3, 0.4) is 0 Å². The average molecular weight is 603 g/mol. The molecule has 0 radical (unpaired) electrons. The van der Waals surface area contributed by atoms with Crippen molar-refractivity contribution >= 4 is 62.5 Å². The maximum Gasteiger partial charge on any atom is 0.407 e. The van der Waals surface area contributed by atoms with Gasteiger partial charge in [-0.05, 0) is 34.6 Å². The van der Waals surface area contributed by atoms with Gasteiger partial charge in [-0.3, -0.25) is 0 Å². The van der Waals surface area contributed by atoms with Crippen LogP contribution in [0, 0.1) is 0 Å². The van der Waals surface area contributed by atoms with Crippen LogP contribution in [0.2, 0.25) is 0 Å². The molecule has 2 heterocycles. The standard InChI is InChI=1S/C40H34N2O2Si/c1-3-15-31(16-4-1)45(32-17-5-2-6-18-32,43-29-27-41-37-23-11-7-19-33(37)34-20-8-12-24-38(34)41)44-30-28-42-39-25-13-9-21-35(39)36-22-10-14-26-40(36)42/h1-26H,27-30H2. The molecule has 0 N–H and O–H groups in total. The van der Waals surface area contributed by atoms with E-state index >= 15 is 0 Å². The molecule has 0 bridgehead atoms. The summed E-state index contributed by atoms with van der Waals surface area (Å²) < 4.78 is 19.1. The summed E-state index contributed by atoms with van der Waals surface area (Å²) in [5, 5.41) is 7.30. The highest BCUT2D eigenvalue weighted by molar-refractivity contribution is 6.92. The third-order valence-electron chi connectivity index (χ3n) is 8.91. The Kier molecular flexibility index (Phi) is 7.27. The Labute approximate surface area is 263 Å². The summed E-state index contributed by atoms with van der Waals surface area (Å²) in [6.07, 6.45) is 0. The fraction of sp³-hybridized carbons (Fsp3) is 0.100. The number of rotatable bonds is 10. The van der Waals surface area contributed by atoms with Gasteiger partial charge in [0.25, 0.3) is 0 Å². The molecular weight excluding hydrogens is 569 g/mol. The quantitative estimate of drug-likeness (QED) is 0.149. The maximum atomic E-state index is 7.15. The molecular formula is C40H34N2O2Si. The summed E-state index contributed by atoms with van der Waals surface area (Å²) in [4.78, 5) is 0. The van der Waals surface area contributed by atoms with Crippen LogP contribution < -0.4 is 10.4 Å². The molecule has 0 atom stereocenters. The Morgan fingerprint density at radius 1 is 0.356 bits per heavy atom. The van der Waals surface area contributed by atoms with Gasteiger partial charge in [0.15, 0.2) is 0 Å². The van der Waals surface area contributed by atoms with Crippen LogP contribution in [0.15, 0.2) is 158 Å². The van der Waals surface area contributed by atoms with Gasteiger partial charge in [0.1, 0.15) is 0 Å². The van der Waals surface area contributed by atoms with Crippen molar-refractivity contribution < 1.29 is 8.85 Å². The van der Waals surface area contributed by atoms with E-state index in [-0.39, 0.29) is 0 Å². The summed E-state index contributed by atoms with van der Waals surface area (Å²) in [6, 6.07) is 55.7. The highest BCUT2D eigenvalue weighted by atomic mass is 28.4. The van der Waals surface area contributed by atoms with Gasteiger partial charge in [-0.2, -0.15) is 0 Å². The maximum absolute atomic E-state index is 7.15. The molecule has 0 saturated heterocycles. The van der Waals surface area contributed by atoms with Crippen molar-refractivity contribution in [2.24, 2.45) is 0 Å². The molecule has 4 nitrogen and oxygen atoms in total. The molecule has 45 heavy (non-hydrogen) atoms. The molecule has 0 saturated carbocycles. The Morgan fingerprint density at radius 2 is 0.644 bits per heavy atom. The third kappa shape index (κ3) is 4.86. The van der Waals surface area contributed by atoms with Crippen molar-refractivity contribution in [3.8, 4) is 0 Å². The van der Waals surface area contributed by atoms with Crippen LogP contribution in [0.25, 0.3) is 43.6 Å². The van der Waals surface area contributed by atoms with Gasteiger partial charge in [-0.25, -0.2) is 0 Å². The number of hydrogen-bond donors (Lipinski definition) is 0. The van der Waals surface area contributed by atoms with Crippen LogP contribution in [-0.4, -0.2) is 30.9 Å². The summed E-state index contributed by atoms with van der Waals surface area (Å²) in [5.74, 6) is 0. The molecule has 8 rings (SSSR count). The molecule has 0 fully saturated rings. The monoisotopic (exact) mass is 602 g/mol. The number of nitrogens with zero attached hydrogens (tertiary/aromatic N) is 2. The molecule has 0 aliphatic rings. The molecule has 0 unspecified atom stereocenters. The fourth-order valence-electron chi connectivity index (χ4n) is 6.91. The first-order chi connectivity index (χ1) is 22.3. The van der Waals surface area contributed by atoms with Gasteiger partial charge < -0.3 is 18.0 Å². The summed E-state index contributed by atoms with van der Waals surface area (Å²) >= 11 is 0. The summed E-state index contributed by atoms with van der Waals surface area (Å²) in [7, 11) is -3.11. The molecule has 0 aliphatic carbocycles. The predicted molar refractivity (Wildman–Crippen MR) is 189 cm³/mol. The number of fused-ring (bicyclic) bond motifs is 6. The van der Waals surface area contributed by atoms with Crippen molar-refractivity contribution in [3.05, 3.63) is 158 Å². The van der Waals surface area contributed by atoms with Crippen LogP contribution in [-0.2, 0) is 21.9 Å². The highest BCUT2D eigenvalue weighted by Gasteiger charge is 2.42. The molecule has 2 aromatic heterocycles. The second-order valence-corrected chi connectivity index (χ2v) is 14.4. The van der Waals surface area contributed by atoms with Crippen molar-refractivity contribution in [2.75, 3.05) is 13.2 Å². The van der Waals surface area contributed by atoms with Gasteiger partial charge >= 0.3 is 8.56 Å². The zero-order valence-corrected chi connectivity index (χ0v) is 26.1. The van der Waals surface area contributed by atoms with E-state index in [1.54, 1.807) is 0 Å². The lowest BCUT2D eigenvalue weighted by molar-refractivity contribution is 0.182. The van der Waals surface area contributed by atoms with Gasteiger partial charge in [-0.15, -0.1) is 0 Å². The first-order valence-corrected chi connectivity index (χ1v) is 17.5. The van der Waals surface area contributed by atoms with Gasteiger partial charge in [0.05, 0.1) is 13.2 Å². The zero-order valence-electron chi connectivity index (χ0n) is 25.1. The van der Waals surface area contributed by atoms with E-state index in [0.717, 1.165) is 23.5 Å². The van der Waals surface area contributed by atoms with E-state index in [4.69, 9.17) is 8.85 Å². The Bertz CT molecular complexity index is 1970. The third-order valence-corrected chi connectivity index (χ3v) is 12.3. The minimum atomic E-state index is -3.11. The first-order valence-electron chi connectivity index (χ1n) is 15.6. The molecule has 0 aliphatic heterocycles. The smallest absolute Gasteiger partial charge is 0.386 e. The fourth-order valence-corrected chi connectivity index (χ4v) is 10.0. The van der Waals surface area contributed by atoms with E-state index in [1.807, 2.05) is 0 Å². The van der Waals surface area contributed by atoms with E-state index < -0.39 is 8.56 Å². The second-order valence-electron chi connectivity index (χ2n) is 11.4. The molecule has 5 heteroatoms. The van der Waals surface area contributed by atoms with Crippen LogP contribution in [0.4, 0.5) is 0 Å². The Hall–Kier alpha value is -4.94. The van der Waals surface area contributed by atoms with Crippen molar-refractivity contribution in [3.63, 3.8) is 0 Å². The zero-order chi connectivity index (χ0) is 30.1. The lowest BCUT2D eigenvalue weighted by Gasteiger charge is -2.32. The molecule has 0 spiro atoms. The molecule has 6 aromatic carbocycles. The van der Waals surface area contributed by atoms with Crippen molar-refractivity contribution in [1.29, 1.82) is 0 Å². The van der Waals surface area contributed by atoms with Crippen molar-refractivity contribution in [1.82, 2.24) is 9.13 Å². The largest absolute Gasteiger partial charge is 0.407 e. The normalized spacial score (nSPS) is 12.1. The van der Waals surface area contributed by atoms with Gasteiger partial charge in [-0.1, -0.05) is 133 Å². The first kappa shape index (κ1) is 27.6. The van der Waals surface area contributed by atoms with E-state index in [9.17, 15) is 0 Å². The minimum Gasteiger partial charge on any atom is -0.386 e. The van der Waals surface area contributed by atoms with Crippen molar-refractivity contribution in [2.45, 2.75) is 13.1 Å². The topological polar surface area (TPSA) is 28.3 Å². The summed E-state index contributed by atoms with van der Waals surface area (Å²) in [5.41, 5.74) is 4.89. The minimum absolute atomic E-state index is 0.522. The predicted octanol–water partition coefficient (Wildman–Crippen LogP) is 7.89. The second kappa shape index (κ2) is 11.9. The SMILES string of the molecule is c1ccc([Si](OCCn2c3ccccc3c3ccccc32)(OCCn2c3ccccc3c3ccccc32)c2ccccc2)cc1. The number of aromatic nitrogens is 2. The number of benzene rings is 6. The molecule has 8 aromatic rings. The molecule has 220 valence electrons. The lowest BCUT2D eigenvalue weighted by Crippen LogP contribution is -2.64. The average Bonchev–Trinajstić information content (AvgIpc) is 3.61. The van der Waals surface area contributed by atoms with Crippen LogP contribution in [0.5, 0.6) is 0 Å². The van der Waals surface area contributed by atoms with Gasteiger partial charge in [0.2, 0.25) is 0 Å². The Balaban J connectivity index is 1.16. The summed E-state index contributed by atoms with van der Waals surface area (Å²) in [6.45, 7) is 2.49. The van der Waals surface area contributed by atoms with E-state index in [2.05, 4.69) is 167 Å². The number of para-hydroxylation sites is 4. The van der Waals surface area contributed by atoms with E-state index in [0.29, 0.717) is 13.2 Å². The highest BCUT2D eigenvalue weighted by Crippen LogP contribution is 2.30. The van der Waals surface area contributed by atoms with Crippen LogP contribution in [0.1, 0.15) is 0 Å². The van der Waals surface area contributed by atoms with Crippen LogP contribution >= 0.6 is 0 Å².